The van der Waals surface area contributed by atoms with Gasteiger partial charge in [0.1, 0.15) is 6.10 Å². The number of hydrogen-bond acceptors (Lipinski definition) is 6. The largest absolute Gasteiger partial charge is 0.469 e. The van der Waals surface area contributed by atoms with Gasteiger partial charge in [0, 0.05) is 12.3 Å². The lowest BCUT2D eigenvalue weighted by Crippen LogP contribution is -2.52. The van der Waals surface area contributed by atoms with Crippen LogP contribution in [-0.4, -0.2) is 55.4 Å². The molecule has 0 amide bonds. The molecular formula is C10H12F3N2O8P. The SMILES string of the molecule is O=c1ccn([C@@H]2O[C@@](COP(=O)(O)O)(C(F)F)[C@@H](O)[C@H]2F)c(=O)[nH]1. The summed E-state index contributed by atoms with van der Waals surface area (Å²) >= 11 is 0. The van der Waals surface area contributed by atoms with Gasteiger partial charge in [0.05, 0.1) is 6.61 Å². The minimum atomic E-state index is -5.22. The molecule has 0 aromatic carbocycles. The molecule has 1 aliphatic rings. The number of phosphoric ester groups is 1. The van der Waals surface area contributed by atoms with Crippen LogP contribution >= 0.6 is 7.82 Å². The smallest absolute Gasteiger partial charge is 0.387 e. The van der Waals surface area contributed by atoms with E-state index >= 15 is 0 Å². The molecule has 1 aromatic heterocycles. The van der Waals surface area contributed by atoms with Crippen LogP contribution < -0.4 is 11.2 Å². The Hall–Kier alpha value is -1.50. The summed E-state index contributed by atoms with van der Waals surface area (Å²) in [5, 5.41) is 9.75. The molecule has 24 heavy (non-hydrogen) atoms. The number of H-pyrrole nitrogens is 1. The molecule has 1 saturated heterocycles. The lowest BCUT2D eigenvalue weighted by molar-refractivity contribution is -0.193. The Morgan fingerprint density at radius 1 is 1.46 bits per heavy atom. The summed E-state index contributed by atoms with van der Waals surface area (Å²) in [5.41, 5.74) is -5.15. The molecule has 1 aliphatic heterocycles. The Labute approximate surface area is 130 Å². The van der Waals surface area contributed by atoms with Gasteiger partial charge in [0.2, 0.25) is 0 Å². The van der Waals surface area contributed by atoms with Crippen LogP contribution in [0.4, 0.5) is 13.2 Å². The maximum atomic E-state index is 14.2. The van der Waals surface area contributed by atoms with E-state index in [0.717, 1.165) is 12.3 Å². The summed E-state index contributed by atoms with van der Waals surface area (Å²) in [4.78, 5) is 41.5. The molecule has 1 aromatic rings. The first-order valence-electron chi connectivity index (χ1n) is 6.27. The van der Waals surface area contributed by atoms with E-state index in [4.69, 9.17) is 14.5 Å². The number of rotatable bonds is 5. The van der Waals surface area contributed by atoms with Gasteiger partial charge >= 0.3 is 13.5 Å². The molecule has 0 aliphatic carbocycles. The molecule has 0 unspecified atom stereocenters. The number of aromatic nitrogens is 2. The van der Waals surface area contributed by atoms with Gasteiger partial charge in [-0.2, -0.15) is 0 Å². The lowest BCUT2D eigenvalue weighted by atomic mass is 9.97. The quantitative estimate of drug-likeness (QED) is 0.472. The van der Waals surface area contributed by atoms with Gasteiger partial charge in [0.15, 0.2) is 18.0 Å². The number of phosphoric acid groups is 1. The highest BCUT2D eigenvalue weighted by Crippen LogP contribution is 2.46. The summed E-state index contributed by atoms with van der Waals surface area (Å²) in [7, 11) is -5.22. The summed E-state index contributed by atoms with van der Waals surface area (Å²) in [6.07, 6.45) is -10.0. The first-order chi connectivity index (χ1) is 11.0. The van der Waals surface area contributed by atoms with E-state index in [1.807, 2.05) is 0 Å². The normalized spacial score (nSPS) is 30.9. The van der Waals surface area contributed by atoms with E-state index in [1.165, 1.54) is 0 Å². The summed E-state index contributed by atoms with van der Waals surface area (Å²) in [5.74, 6) is 0. The fraction of sp³-hybridized carbons (Fsp3) is 0.600. The summed E-state index contributed by atoms with van der Waals surface area (Å²) in [6, 6.07) is 0.790. The molecule has 136 valence electrons. The van der Waals surface area contributed by atoms with Gasteiger partial charge in [-0.05, 0) is 0 Å². The second kappa shape index (κ2) is 6.43. The molecular weight excluding hydrogens is 364 g/mol. The maximum absolute atomic E-state index is 14.2. The van der Waals surface area contributed by atoms with Gasteiger partial charge < -0.3 is 19.6 Å². The van der Waals surface area contributed by atoms with Crippen molar-refractivity contribution < 1.29 is 41.9 Å². The number of halogens is 3. The number of aliphatic hydroxyl groups is 1. The van der Waals surface area contributed by atoms with Crippen LogP contribution in [0.15, 0.2) is 21.9 Å². The zero-order valence-corrected chi connectivity index (χ0v) is 12.5. The Balaban J connectivity index is 2.40. The van der Waals surface area contributed by atoms with Crippen molar-refractivity contribution in [1.29, 1.82) is 0 Å². The second-order valence-electron chi connectivity index (χ2n) is 4.93. The Morgan fingerprint density at radius 3 is 2.58 bits per heavy atom. The van der Waals surface area contributed by atoms with Crippen molar-refractivity contribution in [2.45, 2.75) is 30.5 Å². The molecule has 2 rings (SSSR count). The standard InChI is InChI=1S/C10H12F3N2O8P/c11-5-6(17)10(8(12)13,3-22-24(19,20)21)23-7(5)15-2-1-4(16)14-9(15)18/h1-2,5-8,17H,3H2,(H,14,16,18)(H2,19,20,21)/t5-,6+,7-,10-/m1/s1. The second-order valence-corrected chi connectivity index (χ2v) is 6.17. The van der Waals surface area contributed by atoms with E-state index < -0.39 is 56.2 Å². The van der Waals surface area contributed by atoms with Crippen LogP contribution in [0, 0.1) is 0 Å². The van der Waals surface area contributed by atoms with Crippen molar-refractivity contribution in [2.24, 2.45) is 0 Å². The molecule has 2 heterocycles. The van der Waals surface area contributed by atoms with E-state index in [2.05, 4.69) is 4.52 Å². The molecule has 0 spiro atoms. The lowest BCUT2D eigenvalue weighted by Gasteiger charge is -2.30. The van der Waals surface area contributed by atoms with E-state index in [0.29, 0.717) is 4.57 Å². The predicted molar refractivity (Wildman–Crippen MR) is 69.1 cm³/mol. The minimum Gasteiger partial charge on any atom is -0.387 e. The van der Waals surface area contributed by atoms with Crippen LogP contribution in [-0.2, 0) is 13.8 Å². The first kappa shape index (κ1) is 18.8. The van der Waals surface area contributed by atoms with Crippen molar-refractivity contribution >= 4 is 7.82 Å². The highest BCUT2D eigenvalue weighted by Gasteiger charge is 2.62. The Morgan fingerprint density at radius 2 is 2.08 bits per heavy atom. The molecule has 14 heteroatoms. The third-order valence-electron chi connectivity index (χ3n) is 3.37. The van der Waals surface area contributed by atoms with Crippen molar-refractivity contribution in [3.05, 3.63) is 33.1 Å². The number of aliphatic hydroxyl groups excluding tert-OH is 1. The van der Waals surface area contributed by atoms with Gasteiger partial charge in [-0.25, -0.2) is 22.5 Å². The van der Waals surface area contributed by atoms with E-state index in [9.17, 15) is 32.4 Å². The van der Waals surface area contributed by atoms with Crippen molar-refractivity contribution in [1.82, 2.24) is 9.55 Å². The molecule has 0 bridgehead atoms. The van der Waals surface area contributed by atoms with Crippen LogP contribution in [0.25, 0.3) is 0 Å². The average Bonchev–Trinajstić information content (AvgIpc) is 2.70. The number of alkyl halides is 3. The molecule has 4 atom stereocenters. The Kier molecular flexibility index (Phi) is 5.04. The predicted octanol–water partition coefficient (Wildman–Crippen LogP) is -1.12. The summed E-state index contributed by atoms with van der Waals surface area (Å²) in [6.45, 7) is -1.54. The molecule has 0 radical (unpaired) electrons. The number of aromatic amines is 1. The van der Waals surface area contributed by atoms with Crippen molar-refractivity contribution in [3.8, 4) is 0 Å². The third-order valence-corrected chi connectivity index (χ3v) is 3.83. The van der Waals surface area contributed by atoms with Gasteiger partial charge in [-0.15, -0.1) is 0 Å². The highest BCUT2D eigenvalue weighted by atomic mass is 31.2. The maximum Gasteiger partial charge on any atom is 0.469 e. The summed E-state index contributed by atoms with van der Waals surface area (Å²) < 4.78 is 60.6. The first-order valence-corrected chi connectivity index (χ1v) is 7.80. The van der Waals surface area contributed by atoms with Crippen LogP contribution in [0.3, 0.4) is 0 Å². The van der Waals surface area contributed by atoms with E-state index in [1.54, 1.807) is 4.98 Å². The molecule has 10 nitrogen and oxygen atoms in total. The van der Waals surface area contributed by atoms with Gasteiger partial charge in [0.25, 0.3) is 12.0 Å². The third kappa shape index (κ3) is 3.45. The average molecular weight is 376 g/mol. The van der Waals surface area contributed by atoms with Crippen molar-refractivity contribution in [3.63, 3.8) is 0 Å². The molecule has 0 saturated carbocycles. The number of nitrogens with zero attached hydrogens (tertiary/aromatic N) is 1. The zero-order valence-electron chi connectivity index (χ0n) is 11.6. The van der Waals surface area contributed by atoms with Crippen molar-refractivity contribution in [2.75, 3.05) is 6.61 Å². The van der Waals surface area contributed by atoms with Crippen LogP contribution in [0.1, 0.15) is 6.23 Å². The fourth-order valence-electron chi connectivity index (χ4n) is 2.17. The Bertz CT molecular complexity index is 763. The number of ether oxygens (including phenoxy) is 1. The topological polar surface area (TPSA) is 151 Å². The highest BCUT2D eigenvalue weighted by molar-refractivity contribution is 7.46. The van der Waals surface area contributed by atoms with Crippen LogP contribution in [0.2, 0.25) is 0 Å². The number of hydrogen-bond donors (Lipinski definition) is 4. The van der Waals surface area contributed by atoms with Gasteiger partial charge in [-0.1, -0.05) is 0 Å². The van der Waals surface area contributed by atoms with Crippen LogP contribution in [0.5, 0.6) is 0 Å². The van der Waals surface area contributed by atoms with E-state index in [-0.39, 0.29) is 0 Å². The number of nitrogens with one attached hydrogen (secondary N) is 1. The molecule has 1 fully saturated rings. The van der Waals surface area contributed by atoms with Gasteiger partial charge in [-0.3, -0.25) is 18.9 Å². The zero-order chi connectivity index (χ0) is 18.3. The molecule has 4 N–H and O–H groups in total. The monoisotopic (exact) mass is 376 g/mol. The fourth-order valence-corrected chi connectivity index (χ4v) is 2.54. The minimum absolute atomic E-state index is 0.414.